The lowest BCUT2D eigenvalue weighted by Gasteiger charge is -2.44. The number of nitrogens with zero attached hydrogens (tertiary/aromatic N) is 5. The van der Waals surface area contributed by atoms with Crippen LogP contribution < -0.4 is 10.2 Å². The van der Waals surface area contributed by atoms with Crippen molar-refractivity contribution in [3.8, 4) is 0 Å². The number of nitrogens with one attached hydrogen (secondary N) is 1. The first-order chi connectivity index (χ1) is 16.7. The quantitative estimate of drug-likeness (QED) is 0.438. The molecule has 1 aliphatic rings. The molecule has 4 aromatic rings. The molecule has 1 amide bonds. The Morgan fingerprint density at radius 3 is 2.71 bits per heavy atom. The largest absolute Gasteiger partial charge is 0.417 e. The molecule has 1 fully saturated rings. The molecule has 1 aliphatic heterocycles. The SMILES string of the molecule is Cc1c(C(=O)Nc2cncc(C(F)(F)F)c2)cccc1C(C)C1CN(c2cnn3ccncc23)C1. The Morgan fingerprint density at radius 1 is 1.14 bits per heavy atom. The lowest BCUT2D eigenvalue weighted by Crippen LogP contribution is -2.49. The Bertz CT molecular complexity index is 1390. The number of rotatable bonds is 5. The number of carbonyl (C=O) groups is 1. The van der Waals surface area contributed by atoms with Gasteiger partial charge in [0.2, 0.25) is 0 Å². The average Bonchev–Trinajstić information content (AvgIpc) is 3.21. The Labute approximate surface area is 199 Å². The molecule has 10 heteroatoms. The van der Waals surface area contributed by atoms with E-state index in [9.17, 15) is 18.0 Å². The van der Waals surface area contributed by atoms with E-state index < -0.39 is 17.6 Å². The van der Waals surface area contributed by atoms with Crippen molar-refractivity contribution in [1.29, 1.82) is 0 Å². The number of carbonyl (C=O) groups excluding carboxylic acids is 1. The molecule has 3 aromatic heterocycles. The summed E-state index contributed by atoms with van der Waals surface area (Å²) in [6.07, 6.45) is 4.55. The minimum atomic E-state index is -4.53. The third-order valence-electron chi connectivity index (χ3n) is 6.70. The summed E-state index contributed by atoms with van der Waals surface area (Å²) >= 11 is 0. The summed E-state index contributed by atoms with van der Waals surface area (Å²) in [5.74, 6) is 0.104. The van der Waals surface area contributed by atoms with Gasteiger partial charge in [0.1, 0.15) is 5.52 Å². The van der Waals surface area contributed by atoms with E-state index in [1.165, 1.54) is 6.20 Å². The minimum absolute atomic E-state index is 0.000190. The molecule has 1 N–H and O–H groups in total. The molecular weight excluding hydrogens is 457 g/mol. The highest BCUT2D eigenvalue weighted by Crippen LogP contribution is 2.37. The van der Waals surface area contributed by atoms with Crippen molar-refractivity contribution >= 4 is 22.8 Å². The van der Waals surface area contributed by atoms with Gasteiger partial charge in [-0.2, -0.15) is 18.3 Å². The first kappa shape index (κ1) is 22.8. The van der Waals surface area contributed by atoms with Gasteiger partial charge < -0.3 is 10.2 Å². The zero-order valence-electron chi connectivity index (χ0n) is 19.1. The van der Waals surface area contributed by atoms with Crippen molar-refractivity contribution in [1.82, 2.24) is 19.6 Å². The smallest absolute Gasteiger partial charge is 0.368 e. The summed E-state index contributed by atoms with van der Waals surface area (Å²) in [6, 6.07) is 6.38. The zero-order valence-corrected chi connectivity index (χ0v) is 19.1. The normalized spacial score (nSPS) is 15.2. The molecule has 35 heavy (non-hydrogen) atoms. The maximum absolute atomic E-state index is 13.0. The van der Waals surface area contributed by atoms with Crippen LogP contribution in [0.5, 0.6) is 0 Å². The van der Waals surface area contributed by atoms with Crippen LogP contribution in [0.15, 0.2) is 61.4 Å². The van der Waals surface area contributed by atoms with E-state index in [1.54, 1.807) is 23.0 Å². The Balaban J connectivity index is 1.30. The number of halogens is 3. The van der Waals surface area contributed by atoms with Gasteiger partial charge in [0.05, 0.1) is 35.5 Å². The summed E-state index contributed by atoms with van der Waals surface area (Å²) in [6.45, 7) is 5.71. The molecule has 7 nitrogen and oxygen atoms in total. The molecule has 1 saturated heterocycles. The van der Waals surface area contributed by atoms with Crippen molar-refractivity contribution in [3.63, 3.8) is 0 Å². The van der Waals surface area contributed by atoms with Crippen molar-refractivity contribution in [2.45, 2.75) is 25.9 Å². The van der Waals surface area contributed by atoms with Crippen LogP contribution in [-0.4, -0.2) is 38.6 Å². The second-order valence-corrected chi connectivity index (χ2v) is 8.82. The molecule has 1 unspecified atom stereocenters. The van der Waals surface area contributed by atoms with E-state index in [1.807, 2.05) is 31.5 Å². The van der Waals surface area contributed by atoms with E-state index in [0.29, 0.717) is 11.5 Å². The van der Waals surface area contributed by atoms with Crippen molar-refractivity contribution in [2.24, 2.45) is 5.92 Å². The second-order valence-electron chi connectivity index (χ2n) is 8.82. The van der Waals surface area contributed by atoms with Crippen LogP contribution in [0.1, 0.15) is 39.9 Å². The highest BCUT2D eigenvalue weighted by Gasteiger charge is 2.34. The molecule has 5 rings (SSSR count). The molecule has 0 saturated carbocycles. The van der Waals surface area contributed by atoms with Gasteiger partial charge in [0.15, 0.2) is 0 Å². The first-order valence-electron chi connectivity index (χ1n) is 11.2. The van der Waals surface area contributed by atoms with Crippen molar-refractivity contribution in [3.05, 3.63) is 83.7 Å². The summed E-state index contributed by atoms with van der Waals surface area (Å²) in [5, 5.41) is 6.92. The molecule has 4 heterocycles. The topological polar surface area (TPSA) is 75.4 Å². The number of hydrogen-bond acceptors (Lipinski definition) is 5. The third-order valence-corrected chi connectivity index (χ3v) is 6.70. The van der Waals surface area contributed by atoms with E-state index in [0.717, 1.165) is 47.7 Å². The predicted octanol–water partition coefficient (Wildman–Crippen LogP) is 4.94. The maximum Gasteiger partial charge on any atom is 0.417 e. The fourth-order valence-corrected chi connectivity index (χ4v) is 4.60. The number of hydrogen-bond donors (Lipinski definition) is 1. The van der Waals surface area contributed by atoms with Crippen LogP contribution in [0.2, 0.25) is 0 Å². The summed E-state index contributed by atoms with van der Waals surface area (Å²) in [4.78, 5) is 23.0. The number of benzene rings is 1. The molecular formula is C25H23F3N6O. The van der Waals surface area contributed by atoms with Crippen molar-refractivity contribution in [2.75, 3.05) is 23.3 Å². The van der Waals surface area contributed by atoms with Gasteiger partial charge in [-0.05, 0) is 36.1 Å². The predicted molar refractivity (Wildman–Crippen MR) is 125 cm³/mol. The third kappa shape index (κ3) is 4.31. The minimum Gasteiger partial charge on any atom is -0.368 e. The van der Waals surface area contributed by atoms with Crippen LogP contribution in [-0.2, 0) is 6.18 Å². The molecule has 0 aliphatic carbocycles. The Morgan fingerprint density at radius 2 is 1.94 bits per heavy atom. The highest BCUT2D eigenvalue weighted by atomic mass is 19.4. The van der Waals surface area contributed by atoms with E-state index in [-0.39, 0.29) is 11.6 Å². The molecule has 0 bridgehead atoms. The van der Waals surface area contributed by atoms with Gasteiger partial charge in [-0.25, -0.2) is 4.52 Å². The van der Waals surface area contributed by atoms with Crippen LogP contribution in [0.4, 0.5) is 24.5 Å². The number of anilines is 2. The standard InChI is InChI=1S/C25H23F3N6O/c1-15(17-13-33(14-17)22-12-31-34-7-6-29-11-23(22)34)20-4-3-5-21(16(20)2)24(35)32-19-8-18(9-30-10-19)25(26,27)28/h3-12,15,17H,13-14H2,1-2H3,(H,32,35). The number of fused-ring (bicyclic) bond motifs is 1. The van der Waals surface area contributed by atoms with Gasteiger partial charge >= 0.3 is 6.18 Å². The number of alkyl halides is 3. The summed E-state index contributed by atoms with van der Waals surface area (Å²) in [5.41, 5.74) is 3.38. The average molecular weight is 480 g/mol. The number of pyridine rings is 1. The number of aromatic nitrogens is 4. The van der Waals surface area contributed by atoms with Crippen LogP contribution >= 0.6 is 0 Å². The molecule has 180 valence electrons. The highest BCUT2D eigenvalue weighted by molar-refractivity contribution is 6.05. The number of amides is 1. The van der Waals surface area contributed by atoms with Crippen LogP contribution in [0.3, 0.4) is 0 Å². The van der Waals surface area contributed by atoms with Gasteiger partial charge in [-0.1, -0.05) is 19.1 Å². The van der Waals surface area contributed by atoms with Crippen molar-refractivity contribution < 1.29 is 18.0 Å². The van der Waals surface area contributed by atoms with E-state index >= 15 is 0 Å². The van der Waals surface area contributed by atoms with E-state index in [2.05, 4.69) is 32.2 Å². The maximum atomic E-state index is 13.0. The summed E-state index contributed by atoms with van der Waals surface area (Å²) in [7, 11) is 0. The summed E-state index contributed by atoms with van der Waals surface area (Å²) < 4.78 is 40.7. The Hall–Kier alpha value is -3.95. The van der Waals surface area contributed by atoms with Crippen LogP contribution in [0, 0.1) is 12.8 Å². The molecule has 0 spiro atoms. The second kappa shape index (κ2) is 8.68. The van der Waals surface area contributed by atoms with Crippen LogP contribution in [0.25, 0.3) is 5.52 Å². The monoisotopic (exact) mass is 480 g/mol. The molecule has 1 aromatic carbocycles. The first-order valence-corrected chi connectivity index (χ1v) is 11.2. The van der Waals surface area contributed by atoms with E-state index in [4.69, 9.17) is 0 Å². The molecule has 0 radical (unpaired) electrons. The fraction of sp³-hybridized carbons (Fsp3) is 0.280. The fourth-order valence-electron chi connectivity index (χ4n) is 4.60. The molecule has 1 atom stereocenters. The Kier molecular flexibility index (Phi) is 5.66. The van der Waals surface area contributed by atoms with Gasteiger partial charge in [-0.3, -0.25) is 14.8 Å². The van der Waals surface area contributed by atoms with Gasteiger partial charge in [0, 0.05) is 43.2 Å². The van der Waals surface area contributed by atoms with Gasteiger partial charge in [-0.15, -0.1) is 0 Å². The van der Waals surface area contributed by atoms with Gasteiger partial charge in [0.25, 0.3) is 5.91 Å². The lowest BCUT2D eigenvalue weighted by atomic mass is 9.79. The zero-order chi connectivity index (χ0) is 24.7. The lowest BCUT2D eigenvalue weighted by molar-refractivity contribution is -0.137.